The highest BCUT2D eigenvalue weighted by Crippen LogP contribution is 2.23. The maximum Gasteiger partial charge on any atom is 0.324 e. The Morgan fingerprint density at radius 3 is 2.16 bits per heavy atom. The van der Waals surface area contributed by atoms with Crippen molar-refractivity contribution in [3.05, 3.63) is 60.2 Å². The third-order valence-electron chi connectivity index (χ3n) is 4.63. The summed E-state index contributed by atoms with van der Waals surface area (Å²) < 4.78 is 0. The molecule has 0 bridgehead atoms. The van der Waals surface area contributed by atoms with Crippen molar-refractivity contribution in [1.29, 1.82) is 0 Å². The van der Waals surface area contributed by atoms with Crippen molar-refractivity contribution in [2.24, 2.45) is 0 Å². The van der Waals surface area contributed by atoms with Crippen molar-refractivity contribution in [3.63, 3.8) is 0 Å². The summed E-state index contributed by atoms with van der Waals surface area (Å²) in [4.78, 5) is 38.7. The first-order valence-electron chi connectivity index (χ1n) is 8.18. The van der Waals surface area contributed by atoms with Gasteiger partial charge in [-0.15, -0.1) is 0 Å². The molecule has 2 aromatic rings. The Morgan fingerprint density at radius 2 is 1.56 bits per heavy atom. The summed E-state index contributed by atoms with van der Waals surface area (Å²) in [7, 11) is 0. The first-order chi connectivity index (χ1) is 12.1. The first kappa shape index (κ1) is 15.4. The predicted molar refractivity (Wildman–Crippen MR) is 91.8 cm³/mol. The van der Waals surface area contributed by atoms with Crippen molar-refractivity contribution in [2.75, 3.05) is 19.6 Å². The number of nitrogens with one attached hydrogen (secondary N) is 1. The lowest BCUT2D eigenvalue weighted by Crippen LogP contribution is -2.62. The molecule has 0 aliphatic carbocycles. The SMILES string of the molecule is O=C(c1ccc(-c2ccccc2)cc1)N1CC(N2C(=O)CNC2=O)C1. The Labute approximate surface area is 145 Å². The summed E-state index contributed by atoms with van der Waals surface area (Å²) in [5, 5.41) is 2.50. The molecule has 2 aromatic carbocycles. The van der Waals surface area contributed by atoms with E-state index >= 15 is 0 Å². The average molecular weight is 335 g/mol. The van der Waals surface area contributed by atoms with Crippen molar-refractivity contribution in [1.82, 2.24) is 15.1 Å². The van der Waals surface area contributed by atoms with E-state index in [0.29, 0.717) is 18.7 Å². The number of carbonyl (C=O) groups excluding carboxylic acids is 3. The molecule has 6 nitrogen and oxygen atoms in total. The van der Waals surface area contributed by atoms with E-state index in [1.807, 2.05) is 54.6 Å². The molecule has 0 saturated carbocycles. The zero-order valence-corrected chi connectivity index (χ0v) is 13.5. The van der Waals surface area contributed by atoms with Crippen LogP contribution >= 0.6 is 0 Å². The topological polar surface area (TPSA) is 69.7 Å². The lowest BCUT2D eigenvalue weighted by atomic mass is 10.0. The molecule has 1 N–H and O–H groups in total. The van der Waals surface area contributed by atoms with Crippen molar-refractivity contribution in [2.45, 2.75) is 6.04 Å². The second kappa shape index (κ2) is 6.05. The van der Waals surface area contributed by atoms with E-state index in [1.54, 1.807) is 4.90 Å². The molecule has 0 aromatic heterocycles. The van der Waals surface area contributed by atoms with Crippen LogP contribution in [0.25, 0.3) is 11.1 Å². The molecule has 2 saturated heterocycles. The number of benzene rings is 2. The second-order valence-electron chi connectivity index (χ2n) is 6.23. The van der Waals surface area contributed by atoms with Crippen LogP contribution in [0.15, 0.2) is 54.6 Å². The molecule has 4 amide bonds. The number of carbonyl (C=O) groups is 3. The lowest BCUT2D eigenvalue weighted by molar-refractivity contribution is -0.128. The zero-order valence-electron chi connectivity index (χ0n) is 13.5. The van der Waals surface area contributed by atoms with Gasteiger partial charge in [0.25, 0.3) is 5.91 Å². The number of urea groups is 1. The summed E-state index contributed by atoms with van der Waals surface area (Å²) in [5.41, 5.74) is 2.76. The lowest BCUT2D eigenvalue weighted by Gasteiger charge is -2.42. The molecule has 2 fully saturated rings. The molecular weight excluding hydrogens is 318 g/mol. The fourth-order valence-electron chi connectivity index (χ4n) is 3.21. The van der Waals surface area contributed by atoms with Crippen molar-refractivity contribution >= 4 is 17.8 Å². The Kier molecular flexibility index (Phi) is 3.72. The Balaban J connectivity index is 1.41. The van der Waals surface area contributed by atoms with Crippen LogP contribution in [0.1, 0.15) is 10.4 Å². The largest absolute Gasteiger partial charge is 0.334 e. The number of hydrogen-bond acceptors (Lipinski definition) is 3. The van der Waals surface area contributed by atoms with Gasteiger partial charge in [0.05, 0.1) is 12.6 Å². The molecule has 2 aliphatic heterocycles. The van der Waals surface area contributed by atoms with Crippen LogP contribution in [0.5, 0.6) is 0 Å². The van der Waals surface area contributed by atoms with E-state index in [2.05, 4.69) is 5.32 Å². The Hall–Kier alpha value is -3.15. The number of nitrogens with zero attached hydrogens (tertiary/aromatic N) is 2. The van der Waals surface area contributed by atoms with Crippen LogP contribution in [-0.2, 0) is 4.79 Å². The van der Waals surface area contributed by atoms with Crippen LogP contribution in [-0.4, -0.2) is 53.3 Å². The third kappa shape index (κ3) is 2.76. The summed E-state index contributed by atoms with van der Waals surface area (Å²) >= 11 is 0. The van der Waals surface area contributed by atoms with Crippen molar-refractivity contribution in [3.8, 4) is 11.1 Å². The average Bonchev–Trinajstić information content (AvgIpc) is 2.94. The number of amides is 4. The smallest absolute Gasteiger partial charge is 0.324 e. The summed E-state index contributed by atoms with van der Waals surface area (Å²) in [6.07, 6.45) is 0. The fourth-order valence-corrected chi connectivity index (χ4v) is 3.21. The Bertz CT molecular complexity index is 811. The minimum absolute atomic E-state index is 0.0459. The second-order valence-corrected chi connectivity index (χ2v) is 6.23. The van der Waals surface area contributed by atoms with E-state index in [9.17, 15) is 14.4 Å². The van der Waals surface area contributed by atoms with Gasteiger partial charge < -0.3 is 10.2 Å². The third-order valence-corrected chi connectivity index (χ3v) is 4.63. The summed E-state index contributed by atoms with van der Waals surface area (Å²) in [5.74, 6) is -0.308. The molecule has 0 radical (unpaired) electrons. The molecule has 126 valence electrons. The van der Waals surface area contributed by atoms with E-state index < -0.39 is 0 Å². The van der Waals surface area contributed by atoms with Gasteiger partial charge in [-0.05, 0) is 23.3 Å². The molecule has 0 atom stereocenters. The summed E-state index contributed by atoms with van der Waals surface area (Å²) in [6.45, 7) is 0.821. The predicted octanol–water partition coefficient (Wildman–Crippen LogP) is 1.73. The number of hydrogen-bond donors (Lipinski definition) is 1. The van der Waals surface area contributed by atoms with Gasteiger partial charge >= 0.3 is 6.03 Å². The van der Waals surface area contributed by atoms with E-state index in [0.717, 1.165) is 11.1 Å². The normalized spacial score (nSPS) is 17.4. The summed E-state index contributed by atoms with van der Waals surface area (Å²) in [6, 6.07) is 16.9. The van der Waals surface area contributed by atoms with Crippen LogP contribution in [0, 0.1) is 0 Å². The minimum atomic E-state index is -0.366. The monoisotopic (exact) mass is 335 g/mol. The van der Waals surface area contributed by atoms with Crippen molar-refractivity contribution < 1.29 is 14.4 Å². The number of likely N-dealkylation sites (tertiary alicyclic amines) is 1. The maximum atomic E-state index is 12.5. The molecular formula is C19H17N3O3. The highest BCUT2D eigenvalue weighted by atomic mass is 16.2. The number of imide groups is 1. The molecule has 2 aliphatic rings. The van der Waals surface area contributed by atoms with Crippen LogP contribution < -0.4 is 5.32 Å². The van der Waals surface area contributed by atoms with Crippen LogP contribution in [0.2, 0.25) is 0 Å². The molecule has 25 heavy (non-hydrogen) atoms. The van der Waals surface area contributed by atoms with Gasteiger partial charge in [0, 0.05) is 18.7 Å². The molecule has 6 heteroatoms. The van der Waals surface area contributed by atoms with Gasteiger partial charge in [-0.1, -0.05) is 42.5 Å². The minimum Gasteiger partial charge on any atom is -0.334 e. The molecule has 0 unspecified atom stereocenters. The fraction of sp³-hybridized carbons (Fsp3) is 0.211. The highest BCUT2D eigenvalue weighted by Gasteiger charge is 2.42. The van der Waals surface area contributed by atoms with Crippen LogP contribution in [0.4, 0.5) is 4.79 Å². The Morgan fingerprint density at radius 1 is 0.920 bits per heavy atom. The highest BCUT2D eigenvalue weighted by molar-refractivity contribution is 6.03. The first-order valence-corrected chi connectivity index (χ1v) is 8.18. The quantitative estimate of drug-likeness (QED) is 0.869. The van der Waals surface area contributed by atoms with E-state index in [4.69, 9.17) is 0 Å². The van der Waals surface area contributed by atoms with Gasteiger partial charge in [-0.25, -0.2) is 4.79 Å². The van der Waals surface area contributed by atoms with Crippen LogP contribution in [0.3, 0.4) is 0 Å². The van der Waals surface area contributed by atoms with E-state index in [1.165, 1.54) is 4.90 Å². The van der Waals surface area contributed by atoms with Gasteiger partial charge in [-0.2, -0.15) is 0 Å². The maximum absolute atomic E-state index is 12.5. The van der Waals surface area contributed by atoms with Gasteiger partial charge in [0.2, 0.25) is 5.91 Å². The molecule has 2 heterocycles. The van der Waals surface area contributed by atoms with Gasteiger partial charge in [0.1, 0.15) is 0 Å². The molecule has 0 spiro atoms. The molecule has 4 rings (SSSR count). The standard InChI is InChI=1S/C19H17N3O3/c23-17-10-20-19(25)22(17)16-11-21(12-16)18(24)15-8-6-14(7-9-15)13-4-2-1-3-5-13/h1-9,16H,10-12H2,(H,20,25). The van der Waals surface area contributed by atoms with Gasteiger partial charge in [0.15, 0.2) is 0 Å². The zero-order chi connectivity index (χ0) is 17.4. The van der Waals surface area contributed by atoms with Gasteiger partial charge in [-0.3, -0.25) is 14.5 Å². The number of rotatable bonds is 3. The van der Waals surface area contributed by atoms with E-state index in [-0.39, 0.29) is 30.4 Å².